The van der Waals surface area contributed by atoms with Crippen molar-refractivity contribution < 1.29 is 18.9 Å². The molecule has 0 amide bonds. The number of fused-ring (bicyclic) bond motifs is 1. The third-order valence-corrected chi connectivity index (χ3v) is 6.24. The summed E-state index contributed by atoms with van der Waals surface area (Å²) in [7, 11) is 6.72. The van der Waals surface area contributed by atoms with Crippen LogP contribution in [-0.4, -0.2) is 34.2 Å². The van der Waals surface area contributed by atoms with Crippen molar-refractivity contribution in [3.63, 3.8) is 0 Å². The quantitative estimate of drug-likeness (QED) is 0.360. The Morgan fingerprint density at radius 1 is 0.933 bits per heavy atom. The Balaban J connectivity index is 2.75. The topological polar surface area (TPSA) is 36.9 Å². The lowest BCUT2D eigenvalue weighted by atomic mass is 9.98. The van der Waals surface area contributed by atoms with Crippen LogP contribution in [0, 0.1) is 0 Å². The minimum absolute atomic E-state index is 0.211. The molecule has 0 aliphatic heterocycles. The van der Waals surface area contributed by atoms with Crippen molar-refractivity contribution in [1.29, 1.82) is 0 Å². The monoisotopic (exact) mass is 430 g/mol. The van der Waals surface area contributed by atoms with Gasteiger partial charge in [-0.3, -0.25) is 0 Å². The molecule has 2 rings (SSSR count). The first-order chi connectivity index (χ1) is 14.4. The van der Waals surface area contributed by atoms with E-state index in [9.17, 15) is 0 Å². The van der Waals surface area contributed by atoms with Crippen LogP contribution >= 0.6 is 11.8 Å². The number of allylic oxidation sites excluding steroid dienone is 3. The molecule has 0 bridgehead atoms. The molecule has 4 nitrogen and oxygen atoms in total. The summed E-state index contributed by atoms with van der Waals surface area (Å²) < 4.78 is 23.1. The fraction of sp³-hybridized carbons (Fsp3) is 0.440. The third kappa shape index (κ3) is 5.45. The third-order valence-electron chi connectivity index (χ3n) is 4.95. The van der Waals surface area contributed by atoms with E-state index in [1.54, 1.807) is 28.4 Å². The molecule has 0 radical (unpaired) electrons. The smallest absolute Gasteiger partial charge is 0.135 e. The summed E-state index contributed by atoms with van der Waals surface area (Å²) in [5, 5.41) is 1.94. The van der Waals surface area contributed by atoms with Crippen molar-refractivity contribution in [2.75, 3.05) is 34.2 Å². The molecule has 0 fully saturated rings. The van der Waals surface area contributed by atoms with Crippen LogP contribution in [0.1, 0.15) is 44.4 Å². The first-order valence-corrected chi connectivity index (χ1v) is 11.1. The largest absolute Gasteiger partial charge is 0.496 e. The number of ether oxygens (including phenoxy) is 4. The minimum atomic E-state index is 0.211. The van der Waals surface area contributed by atoms with Crippen molar-refractivity contribution >= 4 is 22.5 Å². The van der Waals surface area contributed by atoms with Gasteiger partial charge in [-0.15, -0.1) is 6.58 Å². The summed E-state index contributed by atoms with van der Waals surface area (Å²) in [6.45, 7) is 10.4. The lowest BCUT2D eigenvalue weighted by Gasteiger charge is -2.23. The summed E-state index contributed by atoms with van der Waals surface area (Å²) in [5.41, 5.74) is 3.59. The maximum Gasteiger partial charge on any atom is 0.135 e. The summed E-state index contributed by atoms with van der Waals surface area (Å²) in [4.78, 5) is 0. The highest BCUT2D eigenvalue weighted by molar-refractivity contribution is 7.99. The zero-order valence-corrected chi connectivity index (χ0v) is 20.1. The second kappa shape index (κ2) is 11.2. The zero-order valence-electron chi connectivity index (χ0n) is 19.3. The number of benzene rings is 2. The molecule has 0 spiro atoms. The Labute approximate surface area is 185 Å². The van der Waals surface area contributed by atoms with E-state index in [1.165, 1.54) is 11.1 Å². The van der Waals surface area contributed by atoms with Crippen LogP contribution in [0.15, 0.2) is 42.0 Å². The van der Waals surface area contributed by atoms with Gasteiger partial charge in [-0.25, -0.2) is 0 Å². The van der Waals surface area contributed by atoms with Gasteiger partial charge in [0.1, 0.15) is 23.0 Å². The van der Waals surface area contributed by atoms with E-state index in [-0.39, 0.29) is 5.25 Å². The zero-order chi connectivity index (χ0) is 22.3. The molecule has 1 atom stereocenters. The van der Waals surface area contributed by atoms with E-state index in [0.29, 0.717) is 0 Å². The first-order valence-electron chi connectivity index (χ1n) is 10.1. The van der Waals surface area contributed by atoms with Crippen LogP contribution in [0.5, 0.6) is 23.0 Å². The highest BCUT2D eigenvalue weighted by atomic mass is 32.2. The maximum atomic E-state index is 5.97. The summed E-state index contributed by atoms with van der Waals surface area (Å²) in [6, 6.07) is 5.89. The van der Waals surface area contributed by atoms with E-state index in [0.717, 1.165) is 57.9 Å². The molecule has 0 heterocycles. The Morgan fingerprint density at radius 2 is 1.53 bits per heavy atom. The molecule has 0 aliphatic rings. The Kier molecular flexibility index (Phi) is 8.97. The van der Waals surface area contributed by atoms with Crippen molar-refractivity contribution in [2.24, 2.45) is 0 Å². The average Bonchev–Trinajstić information content (AvgIpc) is 2.73. The second-order valence-corrected chi connectivity index (χ2v) is 8.82. The summed E-state index contributed by atoms with van der Waals surface area (Å²) in [5.74, 6) is 4.00. The van der Waals surface area contributed by atoms with Crippen molar-refractivity contribution in [3.8, 4) is 23.0 Å². The van der Waals surface area contributed by atoms with Gasteiger partial charge in [0.25, 0.3) is 0 Å². The lowest BCUT2D eigenvalue weighted by Crippen LogP contribution is -2.03. The van der Waals surface area contributed by atoms with Crippen molar-refractivity contribution in [2.45, 2.75) is 38.9 Å². The van der Waals surface area contributed by atoms with Crippen LogP contribution in [0.3, 0.4) is 0 Å². The number of hydrogen-bond donors (Lipinski definition) is 0. The molecule has 2 aromatic carbocycles. The number of methoxy groups -OCH3 is 4. The maximum absolute atomic E-state index is 5.97. The molecule has 0 N–H and O–H groups in total. The van der Waals surface area contributed by atoms with E-state index >= 15 is 0 Å². The van der Waals surface area contributed by atoms with Crippen LogP contribution < -0.4 is 18.9 Å². The van der Waals surface area contributed by atoms with Crippen LogP contribution in [-0.2, 0) is 0 Å². The van der Waals surface area contributed by atoms with Crippen molar-refractivity contribution in [3.05, 3.63) is 47.6 Å². The van der Waals surface area contributed by atoms with Gasteiger partial charge in [-0.1, -0.05) is 17.2 Å². The molecule has 1 unspecified atom stereocenters. The normalized spacial score (nSPS) is 11.7. The van der Waals surface area contributed by atoms with E-state index < -0.39 is 0 Å². The van der Waals surface area contributed by atoms with Gasteiger partial charge in [0, 0.05) is 10.8 Å². The standard InChI is InChI=1S/C25H34O4S/c1-16(2)9-12-22(30-14-13-17(3)4)18-15-21(28-7)23-19(26-5)10-11-20(27-6)24(23)25(18)29-8/h9-11,15,22H,3,12-14H2,1-2,4-8H3. The predicted octanol–water partition coefficient (Wildman–Crippen LogP) is 6.97. The van der Waals surface area contributed by atoms with Crippen LogP contribution in [0.4, 0.5) is 0 Å². The molecule has 2 aromatic rings. The number of rotatable bonds is 11. The summed E-state index contributed by atoms with van der Waals surface area (Å²) >= 11 is 1.91. The fourth-order valence-electron chi connectivity index (χ4n) is 3.42. The fourth-order valence-corrected chi connectivity index (χ4v) is 4.76. The van der Waals surface area contributed by atoms with Gasteiger partial charge < -0.3 is 18.9 Å². The predicted molar refractivity (Wildman–Crippen MR) is 129 cm³/mol. The molecule has 0 aromatic heterocycles. The van der Waals surface area contributed by atoms with Crippen LogP contribution in [0.2, 0.25) is 0 Å². The number of thioether (sulfide) groups is 1. The van der Waals surface area contributed by atoms with Gasteiger partial charge >= 0.3 is 0 Å². The molecule has 5 heteroatoms. The molecular weight excluding hydrogens is 396 g/mol. The molecular formula is C25H34O4S. The van der Waals surface area contributed by atoms with E-state index in [1.807, 2.05) is 23.9 Å². The van der Waals surface area contributed by atoms with E-state index in [2.05, 4.69) is 39.5 Å². The van der Waals surface area contributed by atoms with Gasteiger partial charge in [-0.2, -0.15) is 11.8 Å². The second-order valence-electron chi connectivity index (χ2n) is 7.51. The molecule has 0 aliphatic carbocycles. The molecule has 0 saturated heterocycles. The molecule has 164 valence electrons. The minimum Gasteiger partial charge on any atom is -0.496 e. The summed E-state index contributed by atoms with van der Waals surface area (Å²) in [6.07, 6.45) is 4.16. The molecule has 0 saturated carbocycles. The van der Waals surface area contributed by atoms with Gasteiger partial charge in [-0.05, 0) is 57.6 Å². The number of hydrogen-bond acceptors (Lipinski definition) is 5. The SMILES string of the molecule is C=C(C)CCSC(CC=C(C)C)c1cc(OC)c2c(OC)ccc(OC)c2c1OC. The Morgan fingerprint density at radius 3 is 2.03 bits per heavy atom. The first kappa shape index (κ1) is 24.0. The van der Waals surface area contributed by atoms with E-state index in [4.69, 9.17) is 18.9 Å². The van der Waals surface area contributed by atoms with Gasteiger partial charge in [0.2, 0.25) is 0 Å². The lowest BCUT2D eigenvalue weighted by molar-refractivity contribution is 0.389. The Bertz CT molecular complexity index is 913. The average molecular weight is 431 g/mol. The van der Waals surface area contributed by atoms with Crippen molar-refractivity contribution in [1.82, 2.24) is 0 Å². The Hall–Kier alpha value is -2.27. The van der Waals surface area contributed by atoms with Gasteiger partial charge in [0.15, 0.2) is 0 Å². The van der Waals surface area contributed by atoms with Gasteiger partial charge in [0.05, 0.1) is 39.2 Å². The van der Waals surface area contributed by atoms with Crippen LogP contribution in [0.25, 0.3) is 10.8 Å². The molecule has 30 heavy (non-hydrogen) atoms. The highest BCUT2D eigenvalue weighted by Crippen LogP contribution is 2.50. The highest BCUT2D eigenvalue weighted by Gasteiger charge is 2.25.